The standard InChI is InChI=1S/C28H39ClN2O6/c1-7-9-19-25(34)16(2)10-8-11-28(6)23(37-28)13-21(20(29)12-18-15-36-17(3)30-18)31-24(33)14-22(32)27(4,5)26(19)35/h1,12,15-16,19,21-23,25,32,34H,8-11,13-14H2,2-6H3,(H,31,33). The first-order valence-electron chi connectivity index (χ1n) is 12.9. The quantitative estimate of drug-likeness (QED) is 0.398. The van der Waals surface area contributed by atoms with E-state index in [1.165, 1.54) is 6.26 Å². The number of Topliss-reactive ketones (excluding diaryl/α,β-unsaturated/α-hetero) is 1. The van der Waals surface area contributed by atoms with Crippen LogP contribution in [0.15, 0.2) is 15.7 Å². The fourth-order valence-electron chi connectivity index (χ4n) is 5.12. The molecule has 7 atom stereocenters. The molecule has 3 rings (SSSR count). The lowest BCUT2D eigenvalue weighted by molar-refractivity contribution is -0.143. The molecular formula is C28H39ClN2O6. The molecule has 0 aromatic carbocycles. The second-order valence-corrected chi connectivity index (χ2v) is 11.7. The average Bonchev–Trinajstić information content (AvgIpc) is 3.27. The summed E-state index contributed by atoms with van der Waals surface area (Å²) < 4.78 is 11.3. The molecule has 0 aliphatic carbocycles. The van der Waals surface area contributed by atoms with Crippen LogP contribution in [0.2, 0.25) is 0 Å². The van der Waals surface area contributed by atoms with Crippen molar-refractivity contribution in [1.29, 1.82) is 0 Å². The Morgan fingerprint density at radius 1 is 1.35 bits per heavy atom. The first-order valence-corrected chi connectivity index (χ1v) is 13.3. The summed E-state index contributed by atoms with van der Waals surface area (Å²) in [6.07, 6.45) is 8.70. The highest BCUT2D eigenvalue weighted by Crippen LogP contribution is 2.45. The van der Waals surface area contributed by atoms with Gasteiger partial charge >= 0.3 is 0 Å². The number of epoxide rings is 1. The molecule has 37 heavy (non-hydrogen) atoms. The normalized spacial score (nSPS) is 35.8. The maximum absolute atomic E-state index is 13.5. The number of nitrogens with zero attached hydrogens (tertiary/aromatic N) is 1. The van der Waals surface area contributed by atoms with E-state index in [2.05, 4.69) is 16.2 Å². The predicted octanol–water partition coefficient (Wildman–Crippen LogP) is 3.76. The Kier molecular flexibility index (Phi) is 9.28. The van der Waals surface area contributed by atoms with E-state index in [-0.39, 0.29) is 36.2 Å². The lowest BCUT2D eigenvalue weighted by Crippen LogP contribution is -2.48. The largest absolute Gasteiger partial charge is 0.449 e. The number of aliphatic hydroxyl groups is 2. The minimum atomic E-state index is -1.30. The number of hydrogen-bond acceptors (Lipinski definition) is 7. The zero-order chi connectivity index (χ0) is 27.5. The highest BCUT2D eigenvalue weighted by atomic mass is 35.5. The number of hydrogen-bond donors (Lipinski definition) is 3. The number of nitrogens with one attached hydrogen (secondary N) is 1. The number of ether oxygens (including phenoxy) is 1. The van der Waals surface area contributed by atoms with Crippen LogP contribution in [-0.2, 0) is 14.3 Å². The zero-order valence-corrected chi connectivity index (χ0v) is 23.0. The average molecular weight is 535 g/mol. The molecular weight excluding hydrogens is 496 g/mol. The Hall–Kier alpha value is -2.18. The smallest absolute Gasteiger partial charge is 0.223 e. The summed E-state index contributed by atoms with van der Waals surface area (Å²) in [5.41, 5.74) is -1.15. The lowest BCUT2D eigenvalue weighted by atomic mass is 9.71. The molecule has 2 aliphatic heterocycles. The Balaban J connectivity index is 1.89. The van der Waals surface area contributed by atoms with Crippen LogP contribution in [0.4, 0.5) is 0 Å². The SMILES string of the molecule is C#CCC1C(=O)C(C)(C)C(O)CC(=O)NC(C(Cl)=Cc2coc(C)n2)CC2OC2(C)CCCC(C)C1O. The number of ketones is 1. The number of amides is 1. The molecule has 9 heteroatoms. The summed E-state index contributed by atoms with van der Waals surface area (Å²) >= 11 is 6.65. The van der Waals surface area contributed by atoms with Crippen LogP contribution >= 0.6 is 11.6 Å². The van der Waals surface area contributed by atoms with E-state index < -0.39 is 35.5 Å². The van der Waals surface area contributed by atoms with Gasteiger partial charge in [-0.25, -0.2) is 4.98 Å². The van der Waals surface area contributed by atoms with Crippen molar-refractivity contribution in [2.75, 3.05) is 0 Å². The highest BCUT2D eigenvalue weighted by molar-refractivity contribution is 6.32. The number of aryl methyl sites for hydroxylation is 1. The summed E-state index contributed by atoms with van der Waals surface area (Å²) in [7, 11) is 0. The number of carbonyl (C=O) groups excluding carboxylic acids is 2. The Bertz CT molecular complexity index is 1060. The first kappa shape index (κ1) is 29.4. The lowest BCUT2D eigenvalue weighted by Gasteiger charge is -2.35. The van der Waals surface area contributed by atoms with Crippen molar-refractivity contribution in [1.82, 2.24) is 10.3 Å². The third kappa shape index (κ3) is 7.02. The van der Waals surface area contributed by atoms with Gasteiger partial charge in [0.25, 0.3) is 0 Å². The molecule has 2 saturated heterocycles. The maximum Gasteiger partial charge on any atom is 0.223 e. The van der Waals surface area contributed by atoms with Gasteiger partial charge in [-0.05, 0) is 31.8 Å². The third-order valence-electron chi connectivity index (χ3n) is 7.93. The predicted molar refractivity (Wildman–Crippen MR) is 140 cm³/mol. The van der Waals surface area contributed by atoms with Crippen LogP contribution in [0, 0.1) is 36.5 Å². The number of carbonyl (C=O) groups is 2. The van der Waals surface area contributed by atoms with Crippen LogP contribution in [0.3, 0.4) is 0 Å². The van der Waals surface area contributed by atoms with Gasteiger partial charge in [0.2, 0.25) is 5.91 Å². The van der Waals surface area contributed by atoms with Crippen molar-refractivity contribution in [2.24, 2.45) is 17.3 Å². The summed E-state index contributed by atoms with van der Waals surface area (Å²) in [5, 5.41) is 25.3. The van der Waals surface area contributed by atoms with Crippen molar-refractivity contribution in [3.8, 4) is 12.3 Å². The fourth-order valence-corrected chi connectivity index (χ4v) is 5.37. The van der Waals surface area contributed by atoms with Gasteiger partial charge in [0, 0.05) is 24.8 Å². The molecule has 3 N–H and O–H groups in total. The molecule has 0 bridgehead atoms. The molecule has 3 heterocycles. The van der Waals surface area contributed by atoms with Crippen LogP contribution in [0.25, 0.3) is 6.08 Å². The number of aliphatic hydroxyl groups excluding tert-OH is 2. The number of halogens is 1. The maximum atomic E-state index is 13.5. The van der Waals surface area contributed by atoms with Crippen molar-refractivity contribution in [2.45, 2.75) is 103 Å². The molecule has 8 nitrogen and oxygen atoms in total. The number of aromatic nitrogens is 1. The van der Waals surface area contributed by atoms with Crippen molar-refractivity contribution in [3.63, 3.8) is 0 Å². The molecule has 1 aromatic heterocycles. The summed E-state index contributed by atoms with van der Waals surface area (Å²) in [6, 6.07) is -0.577. The zero-order valence-electron chi connectivity index (χ0n) is 22.3. The second-order valence-electron chi connectivity index (χ2n) is 11.3. The van der Waals surface area contributed by atoms with Crippen LogP contribution in [-0.4, -0.2) is 56.8 Å². The molecule has 0 spiro atoms. The molecule has 0 radical (unpaired) electrons. The molecule has 2 aliphatic rings. The van der Waals surface area contributed by atoms with Crippen molar-refractivity contribution in [3.05, 3.63) is 22.9 Å². The summed E-state index contributed by atoms with van der Waals surface area (Å²) in [4.78, 5) is 30.8. The van der Waals surface area contributed by atoms with Gasteiger partial charge in [-0.3, -0.25) is 9.59 Å². The van der Waals surface area contributed by atoms with Crippen molar-refractivity contribution < 1.29 is 29.0 Å². The fraction of sp³-hybridized carbons (Fsp3) is 0.679. The van der Waals surface area contributed by atoms with Crippen LogP contribution in [0.5, 0.6) is 0 Å². The second kappa shape index (κ2) is 11.7. The molecule has 2 fully saturated rings. The van der Waals surface area contributed by atoms with E-state index in [4.69, 9.17) is 27.2 Å². The topological polar surface area (TPSA) is 125 Å². The minimum absolute atomic E-state index is 0.0551. The van der Waals surface area contributed by atoms with Crippen LogP contribution in [0.1, 0.15) is 77.8 Å². The molecule has 1 amide bonds. The first-order chi connectivity index (χ1) is 17.3. The molecule has 204 valence electrons. The van der Waals surface area contributed by atoms with Gasteiger partial charge < -0.3 is 24.7 Å². The van der Waals surface area contributed by atoms with E-state index in [1.807, 2.05) is 13.8 Å². The summed E-state index contributed by atoms with van der Waals surface area (Å²) in [5.74, 6) is 1.16. The van der Waals surface area contributed by atoms with Gasteiger partial charge in [0.1, 0.15) is 17.7 Å². The van der Waals surface area contributed by atoms with Gasteiger partial charge in [0.05, 0.1) is 47.7 Å². The van der Waals surface area contributed by atoms with E-state index in [1.54, 1.807) is 26.8 Å². The Labute approximate surface area is 224 Å². The van der Waals surface area contributed by atoms with E-state index >= 15 is 0 Å². The Morgan fingerprint density at radius 2 is 2.05 bits per heavy atom. The third-order valence-corrected chi connectivity index (χ3v) is 8.30. The summed E-state index contributed by atoms with van der Waals surface area (Å²) in [6.45, 7) is 8.81. The van der Waals surface area contributed by atoms with E-state index in [0.717, 1.165) is 12.8 Å². The number of rotatable bonds is 3. The van der Waals surface area contributed by atoms with Crippen LogP contribution < -0.4 is 5.32 Å². The van der Waals surface area contributed by atoms with Gasteiger partial charge in [0.15, 0.2) is 5.89 Å². The van der Waals surface area contributed by atoms with E-state index in [9.17, 15) is 19.8 Å². The minimum Gasteiger partial charge on any atom is -0.449 e. The van der Waals surface area contributed by atoms with E-state index in [0.29, 0.717) is 29.5 Å². The highest BCUT2D eigenvalue weighted by Gasteiger charge is 2.52. The van der Waals surface area contributed by atoms with Crippen molar-refractivity contribution >= 4 is 29.4 Å². The molecule has 0 saturated carbocycles. The monoisotopic (exact) mass is 534 g/mol. The Morgan fingerprint density at radius 3 is 2.68 bits per heavy atom. The van der Waals surface area contributed by atoms with Gasteiger partial charge in [-0.15, -0.1) is 12.3 Å². The number of fused-ring (bicyclic) bond motifs is 1. The molecule has 1 aromatic rings. The molecule has 7 unspecified atom stereocenters. The van der Waals surface area contributed by atoms with Gasteiger partial charge in [-0.1, -0.05) is 38.8 Å². The number of oxazole rings is 1. The number of terminal acetylenes is 1. The van der Waals surface area contributed by atoms with Gasteiger partial charge in [-0.2, -0.15) is 0 Å².